The summed E-state index contributed by atoms with van der Waals surface area (Å²) in [6.07, 6.45) is 5.21. The molecule has 0 N–H and O–H groups in total. The average molecular weight is 171 g/mol. The molecule has 1 heterocycles. The Hall–Kier alpha value is -0.0800. The first-order valence-corrected chi connectivity index (χ1v) is 4.90. The lowest BCUT2D eigenvalue weighted by molar-refractivity contribution is -0.167. The van der Waals surface area contributed by atoms with Gasteiger partial charge in [-0.3, -0.25) is 0 Å². The van der Waals surface area contributed by atoms with Crippen LogP contribution in [0.1, 0.15) is 39.0 Å². The van der Waals surface area contributed by atoms with E-state index in [0.29, 0.717) is 0 Å². The van der Waals surface area contributed by atoms with Crippen molar-refractivity contribution in [2.75, 3.05) is 13.2 Å². The molecule has 0 aromatic heterocycles. The first kappa shape index (κ1) is 10.0. The molecule has 0 amide bonds. The van der Waals surface area contributed by atoms with Gasteiger partial charge in [-0.2, -0.15) is 0 Å². The molecular formula is C10H19O2. The molecule has 1 aliphatic heterocycles. The summed E-state index contributed by atoms with van der Waals surface area (Å²) in [5.41, 5.74) is 0. The smallest absolute Gasteiger partial charge is 0.168 e. The first-order valence-electron chi connectivity index (χ1n) is 4.90. The molecule has 2 nitrogen and oxygen atoms in total. The van der Waals surface area contributed by atoms with Crippen LogP contribution < -0.4 is 0 Å². The third-order valence-corrected chi connectivity index (χ3v) is 2.25. The number of unbranched alkanes of at least 4 members (excludes halogenated alkanes) is 1. The predicted molar refractivity (Wildman–Crippen MR) is 48.8 cm³/mol. The van der Waals surface area contributed by atoms with Crippen LogP contribution in [0.3, 0.4) is 0 Å². The summed E-state index contributed by atoms with van der Waals surface area (Å²) < 4.78 is 11.3. The number of rotatable bonds is 5. The van der Waals surface area contributed by atoms with E-state index in [4.69, 9.17) is 9.47 Å². The topological polar surface area (TPSA) is 18.5 Å². The second kappa shape index (κ2) is 4.83. The molecule has 1 saturated heterocycles. The lowest BCUT2D eigenvalue weighted by Gasteiger charge is -2.26. The third kappa shape index (κ3) is 2.46. The molecule has 12 heavy (non-hydrogen) atoms. The molecule has 1 aliphatic rings. The van der Waals surface area contributed by atoms with E-state index in [1.165, 1.54) is 0 Å². The van der Waals surface area contributed by atoms with E-state index in [1.807, 2.05) is 0 Å². The van der Waals surface area contributed by atoms with Gasteiger partial charge in [-0.15, -0.1) is 0 Å². The van der Waals surface area contributed by atoms with Crippen LogP contribution in [0.2, 0.25) is 0 Å². The number of hydrogen-bond acceptors (Lipinski definition) is 2. The summed E-state index contributed by atoms with van der Waals surface area (Å²) >= 11 is 0. The van der Waals surface area contributed by atoms with Crippen molar-refractivity contribution >= 4 is 0 Å². The summed E-state index contributed by atoms with van der Waals surface area (Å²) in [5, 5.41) is 0. The number of hydrogen-bond donors (Lipinski definition) is 0. The Kier molecular flexibility index (Phi) is 4.02. The van der Waals surface area contributed by atoms with Gasteiger partial charge in [0.25, 0.3) is 0 Å². The Labute approximate surface area is 75.2 Å². The minimum absolute atomic E-state index is 0.244. The third-order valence-electron chi connectivity index (χ3n) is 2.25. The van der Waals surface area contributed by atoms with E-state index in [2.05, 4.69) is 13.8 Å². The zero-order valence-electron chi connectivity index (χ0n) is 7.97. The van der Waals surface area contributed by atoms with E-state index >= 15 is 0 Å². The van der Waals surface area contributed by atoms with Gasteiger partial charge in [0, 0.05) is 12.8 Å². The van der Waals surface area contributed by atoms with Crippen LogP contribution >= 0.6 is 0 Å². The van der Waals surface area contributed by atoms with Gasteiger partial charge in [0.1, 0.15) is 0 Å². The van der Waals surface area contributed by atoms with Crippen LogP contribution in [0, 0.1) is 6.92 Å². The van der Waals surface area contributed by atoms with E-state index in [1.54, 1.807) is 0 Å². The fourth-order valence-electron chi connectivity index (χ4n) is 1.69. The standard InChI is InChI=1S/C10H19O2/c1-3-5-7-10(6-4-2)11-8-9-12-10/h1,3-9H2,2H3. The minimum Gasteiger partial charge on any atom is -0.348 e. The van der Waals surface area contributed by atoms with Gasteiger partial charge in [-0.05, 0) is 6.42 Å². The Balaban J connectivity index is 2.35. The second-order valence-corrected chi connectivity index (χ2v) is 3.31. The zero-order valence-corrected chi connectivity index (χ0v) is 7.97. The highest BCUT2D eigenvalue weighted by Crippen LogP contribution is 2.30. The van der Waals surface area contributed by atoms with Gasteiger partial charge < -0.3 is 9.47 Å². The normalized spacial score (nSPS) is 21.5. The largest absolute Gasteiger partial charge is 0.348 e. The van der Waals surface area contributed by atoms with Crippen molar-refractivity contribution < 1.29 is 9.47 Å². The average Bonchev–Trinajstić information content (AvgIpc) is 2.51. The van der Waals surface area contributed by atoms with Crippen LogP contribution in [0.15, 0.2) is 0 Å². The highest BCUT2D eigenvalue weighted by Gasteiger charge is 2.34. The molecule has 0 aromatic carbocycles. The maximum Gasteiger partial charge on any atom is 0.168 e. The maximum atomic E-state index is 5.63. The molecule has 1 radical (unpaired) electrons. The minimum atomic E-state index is -0.244. The van der Waals surface area contributed by atoms with Crippen molar-refractivity contribution in [2.24, 2.45) is 0 Å². The lowest BCUT2D eigenvalue weighted by atomic mass is 10.0. The quantitative estimate of drug-likeness (QED) is 0.633. The monoisotopic (exact) mass is 171 g/mol. The van der Waals surface area contributed by atoms with Gasteiger partial charge >= 0.3 is 0 Å². The van der Waals surface area contributed by atoms with Crippen molar-refractivity contribution in [1.82, 2.24) is 0 Å². The molecule has 1 rings (SSSR count). The van der Waals surface area contributed by atoms with Gasteiger partial charge in [0.2, 0.25) is 0 Å². The summed E-state index contributed by atoms with van der Waals surface area (Å²) in [7, 11) is 0. The summed E-state index contributed by atoms with van der Waals surface area (Å²) in [5.74, 6) is -0.244. The van der Waals surface area contributed by atoms with E-state index < -0.39 is 0 Å². The molecule has 0 bridgehead atoms. The molecular weight excluding hydrogens is 152 g/mol. The van der Waals surface area contributed by atoms with Crippen LogP contribution in [-0.2, 0) is 9.47 Å². The van der Waals surface area contributed by atoms with Crippen LogP contribution in [0.5, 0.6) is 0 Å². The molecule has 0 spiro atoms. The van der Waals surface area contributed by atoms with Crippen molar-refractivity contribution in [2.45, 2.75) is 44.8 Å². The zero-order chi connectivity index (χ0) is 8.86. The first-order chi connectivity index (χ1) is 5.83. The molecule has 1 fully saturated rings. The van der Waals surface area contributed by atoms with Gasteiger partial charge in [-0.1, -0.05) is 26.7 Å². The Morgan fingerprint density at radius 2 is 1.92 bits per heavy atom. The van der Waals surface area contributed by atoms with Gasteiger partial charge in [0.15, 0.2) is 5.79 Å². The summed E-state index contributed by atoms with van der Waals surface area (Å²) in [6.45, 7) is 7.51. The fraction of sp³-hybridized carbons (Fsp3) is 0.900. The Morgan fingerprint density at radius 3 is 2.42 bits per heavy atom. The Morgan fingerprint density at radius 1 is 1.25 bits per heavy atom. The van der Waals surface area contributed by atoms with Crippen LogP contribution in [0.25, 0.3) is 0 Å². The highest BCUT2D eigenvalue weighted by molar-refractivity contribution is 4.73. The van der Waals surface area contributed by atoms with Gasteiger partial charge in [-0.25, -0.2) is 0 Å². The van der Waals surface area contributed by atoms with Crippen molar-refractivity contribution in [1.29, 1.82) is 0 Å². The molecule has 0 unspecified atom stereocenters. The van der Waals surface area contributed by atoms with Crippen molar-refractivity contribution in [3.05, 3.63) is 6.92 Å². The van der Waals surface area contributed by atoms with Crippen LogP contribution in [-0.4, -0.2) is 19.0 Å². The van der Waals surface area contributed by atoms with Crippen molar-refractivity contribution in [3.63, 3.8) is 0 Å². The predicted octanol–water partition coefficient (Wildman–Crippen LogP) is 2.53. The Bertz CT molecular complexity index is 117. The summed E-state index contributed by atoms with van der Waals surface area (Å²) in [4.78, 5) is 0. The second-order valence-electron chi connectivity index (χ2n) is 3.31. The van der Waals surface area contributed by atoms with E-state index in [-0.39, 0.29) is 5.79 Å². The summed E-state index contributed by atoms with van der Waals surface area (Å²) in [6, 6.07) is 0. The van der Waals surface area contributed by atoms with Crippen molar-refractivity contribution in [3.8, 4) is 0 Å². The molecule has 71 valence electrons. The maximum absolute atomic E-state index is 5.63. The van der Waals surface area contributed by atoms with Gasteiger partial charge in [0.05, 0.1) is 13.2 Å². The number of ether oxygens (including phenoxy) is 2. The van der Waals surface area contributed by atoms with E-state index in [0.717, 1.165) is 45.3 Å². The molecule has 2 heteroatoms. The molecule has 0 atom stereocenters. The SMILES string of the molecule is [CH2]CCCC1(CCC)OCCO1. The molecule has 0 saturated carbocycles. The lowest BCUT2D eigenvalue weighted by Crippen LogP contribution is -2.29. The van der Waals surface area contributed by atoms with E-state index in [9.17, 15) is 0 Å². The van der Waals surface area contributed by atoms with Crippen LogP contribution in [0.4, 0.5) is 0 Å². The molecule has 0 aliphatic carbocycles. The highest BCUT2D eigenvalue weighted by atomic mass is 16.7. The molecule has 0 aromatic rings. The fourth-order valence-corrected chi connectivity index (χ4v) is 1.69.